The van der Waals surface area contributed by atoms with E-state index in [2.05, 4.69) is 26.5 Å². The van der Waals surface area contributed by atoms with Gasteiger partial charge in [0.1, 0.15) is 23.0 Å². The van der Waals surface area contributed by atoms with Crippen molar-refractivity contribution in [3.8, 4) is 11.5 Å². The van der Waals surface area contributed by atoms with E-state index in [4.69, 9.17) is 16.3 Å². The number of ether oxygens (including phenoxy) is 1. The van der Waals surface area contributed by atoms with Crippen LogP contribution in [0.3, 0.4) is 0 Å². The molecule has 41 heavy (non-hydrogen) atoms. The lowest BCUT2D eigenvalue weighted by Gasteiger charge is -2.13. The summed E-state index contributed by atoms with van der Waals surface area (Å²) in [4.78, 5) is 40.6. The van der Waals surface area contributed by atoms with Gasteiger partial charge in [-0.25, -0.2) is 9.18 Å². The molecular formula is C27H18ClF4N5O4. The number of rotatable bonds is 6. The van der Waals surface area contributed by atoms with Crippen molar-refractivity contribution >= 4 is 40.8 Å². The highest BCUT2D eigenvalue weighted by Crippen LogP contribution is 2.36. The molecule has 4 aromatic rings. The van der Waals surface area contributed by atoms with Gasteiger partial charge in [-0.2, -0.15) is 13.2 Å². The predicted molar refractivity (Wildman–Crippen MR) is 141 cm³/mol. The van der Waals surface area contributed by atoms with Crippen molar-refractivity contribution in [2.75, 3.05) is 10.6 Å². The molecule has 0 fully saturated rings. The third-order valence-electron chi connectivity index (χ3n) is 5.24. The van der Waals surface area contributed by atoms with Crippen LogP contribution >= 0.6 is 11.6 Å². The van der Waals surface area contributed by atoms with E-state index < -0.39 is 40.4 Å². The van der Waals surface area contributed by atoms with E-state index in [1.54, 1.807) is 0 Å². The fourth-order valence-corrected chi connectivity index (χ4v) is 3.53. The molecule has 0 aliphatic carbocycles. The minimum absolute atomic E-state index is 0.0762. The number of halogens is 5. The van der Waals surface area contributed by atoms with E-state index in [9.17, 15) is 31.9 Å². The third-order valence-corrected chi connectivity index (χ3v) is 5.57. The number of hydrogen-bond donors (Lipinski definition) is 4. The van der Waals surface area contributed by atoms with Gasteiger partial charge in [-0.05, 0) is 72.8 Å². The number of hydrogen-bond acceptors (Lipinski definition) is 5. The van der Waals surface area contributed by atoms with Crippen LogP contribution in [0.1, 0.15) is 26.4 Å². The van der Waals surface area contributed by atoms with Crippen molar-refractivity contribution in [2.24, 2.45) is 0 Å². The van der Waals surface area contributed by atoms with Crippen molar-refractivity contribution in [1.82, 2.24) is 15.8 Å². The van der Waals surface area contributed by atoms with Gasteiger partial charge in [0.2, 0.25) is 0 Å². The van der Waals surface area contributed by atoms with Crippen molar-refractivity contribution in [3.63, 3.8) is 0 Å². The van der Waals surface area contributed by atoms with Gasteiger partial charge in [0.15, 0.2) is 0 Å². The second-order valence-corrected chi connectivity index (χ2v) is 8.60. The molecule has 4 N–H and O–H groups in total. The van der Waals surface area contributed by atoms with Crippen LogP contribution in [0.15, 0.2) is 85.1 Å². The van der Waals surface area contributed by atoms with Crippen molar-refractivity contribution in [2.45, 2.75) is 6.18 Å². The van der Waals surface area contributed by atoms with Gasteiger partial charge in [0.05, 0.1) is 10.6 Å². The number of nitrogens with zero attached hydrogens (tertiary/aromatic N) is 1. The Labute approximate surface area is 234 Å². The molecule has 0 spiro atoms. The van der Waals surface area contributed by atoms with Crippen LogP contribution in [0.5, 0.6) is 11.5 Å². The topological polar surface area (TPSA) is 121 Å². The monoisotopic (exact) mass is 587 g/mol. The van der Waals surface area contributed by atoms with Gasteiger partial charge in [-0.15, -0.1) is 0 Å². The first-order chi connectivity index (χ1) is 19.5. The SMILES string of the molecule is O=C(Nc1ccc(Oc2ccnc(C(=O)NNC(=O)c3ccc(F)cc3)c2)cc1)Nc1ccc(Cl)c(C(F)(F)F)c1. The summed E-state index contributed by atoms with van der Waals surface area (Å²) in [6.07, 6.45) is -3.37. The Hall–Kier alpha value is -5.17. The van der Waals surface area contributed by atoms with E-state index in [1.807, 2.05) is 0 Å². The van der Waals surface area contributed by atoms with Crippen LogP contribution in [0.25, 0.3) is 0 Å². The zero-order valence-electron chi connectivity index (χ0n) is 20.6. The molecule has 0 saturated heterocycles. The third kappa shape index (κ3) is 7.92. The van der Waals surface area contributed by atoms with Gasteiger partial charge in [0, 0.05) is 29.2 Å². The molecule has 0 aliphatic heterocycles. The van der Waals surface area contributed by atoms with E-state index in [1.165, 1.54) is 60.8 Å². The second-order valence-electron chi connectivity index (χ2n) is 8.19. The Morgan fingerprint density at radius 3 is 2.07 bits per heavy atom. The molecule has 14 heteroatoms. The lowest BCUT2D eigenvalue weighted by atomic mass is 10.2. The van der Waals surface area contributed by atoms with Crippen LogP contribution in [0.4, 0.5) is 33.7 Å². The number of amides is 4. The molecule has 3 aromatic carbocycles. The van der Waals surface area contributed by atoms with Crippen molar-refractivity contribution in [1.29, 1.82) is 0 Å². The number of alkyl halides is 3. The van der Waals surface area contributed by atoms with Gasteiger partial charge in [-0.1, -0.05) is 11.6 Å². The number of pyridine rings is 1. The Morgan fingerprint density at radius 1 is 0.756 bits per heavy atom. The molecule has 1 heterocycles. The van der Waals surface area contributed by atoms with Crippen LogP contribution in [0.2, 0.25) is 5.02 Å². The van der Waals surface area contributed by atoms with Gasteiger partial charge in [0.25, 0.3) is 11.8 Å². The number of nitrogens with one attached hydrogen (secondary N) is 4. The lowest BCUT2D eigenvalue weighted by molar-refractivity contribution is -0.137. The van der Waals surface area contributed by atoms with E-state index in [0.717, 1.165) is 24.3 Å². The van der Waals surface area contributed by atoms with Crippen LogP contribution < -0.4 is 26.2 Å². The number of hydrazine groups is 1. The molecule has 0 bridgehead atoms. The number of carbonyl (C=O) groups excluding carboxylic acids is 3. The zero-order valence-corrected chi connectivity index (χ0v) is 21.3. The first kappa shape index (κ1) is 28.8. The minimum Gasteiger partial charge on any atom is -0.457 e. The molecule has 0 aliphatic rings. The Balaban J connectivity index is 1.31. The largest absolute Gasteiger partial charge is 0.457 e. The average molecular weight is 588 g/mol. The van der Waals surface area contributed by atoms with Crippen molar-refractivity contribution in [3.05, 3.63) is 113 Å². The predicted octanol–water partition coefficient (Wildman–Crippen LogP) is 6.40. The first-order valence-corrected chi connectivity index (χ1v) is 11.9. The fourth-order valence-electron chi connectivity index (χ4n) is 3.31. The van der Waals surface area contributed by atoms with Crippen LogP contribution in [0, 0.1) is 5.82 Å². The smallest absolute Gasteiger partial charge is 0.417 e. The van der Waals surface area contributed by atoms with Gasteiger partial charge in [-0.3, -0.25) is 25.4 Å². The number of carbonyl (C=O) groups is 3. The summed E-state index contributed by atoms with van der Waals surface area (Å²) >= 11 is 5.59. The highest BCUT2D eigenvalue weighted by Gasteiger charge is 2.33. The number of urea groups is 1. The highest BCUT2D eigenvalue weighted by atomic mass is 35.5. The first-order valence-electron chi connectivity index (χ1n) is 11.5. The number of aromatic nitrogens is 1. The summed E-state index contributed by atoms with van der Waals surface area (Å²) in [5.74, 6) is -1.35. The molecular weight excluding hydrogens is 570 g/mol. The maximum absolute atomic E-state index is 13.0. The Bertz CT molecular complexity index is 1580. The minimum atomic E-state index is -4.68. The summed E-state index contributed by atoms with van der Waals surface area (Å²) in [6, 6.07) is 15.7. The fraction of sp³-hybridized carbons (Fsp3) is 0.0370. The average Bonchev–Trinajstić information content (AvgIpc) is 2.93. The molecule has 4 rings (SSSR count). The molecule has 4 amide bonds. The summed E-state index contributed by atoms with van der Waals surface area (Å²) in [7, 11) is 0. The van der Waals surface area contributed by atoms with Crippen LogP contribution in [-0.4, -0.2) is 22.8 Å². The molecule has 210 valence electrons. The molecule has 9 nitrogen and oxygen atoms in total. The number of anilines is 2. The second kappa shape index (κ2) is 12.3. The summed E-state index contributed by atoms with van der Waals surface area (Å²) in [5, 5.41) is 4.29. The van der Waals surface area contributed by atoms with E-state index >= 15 is 0 Å². The van der Waals surface area contributed by atoms with Crippen LogP contribution in [-0.2, 0) is 6.18 Å². The molecule has 0 atom stereocenters. The summed E-state index contributed by atoms with van der Waals surface area (Å²) in [5.41, 5.74) is 3.58. The zero-order chi connectivity index (χ0) is 29.6. The Morgan fingerprint density at radius 2 is 1.39 bits per heavy atom. The van der Waals surface area contributed by atoms with E-state index in [-0.39, 0.29) is 22.7 Å². The molecule has 1 aromatic heterocycles. The van der Waals surface area contributed by atoms with Gasteiger partial charge >= 0.3 is 12.2 Å². The number of benzene rings is 3. The summed E-state index contributed by atoms with van der Waals surface area (Å²) in [6.45, 7) is 0. The Kier molecular flexibility index (Phi) is 8.68. The van der Waals surface area contributed by atoms with Gasteiger partial charge < -0.3 is 15.4 Å². The van der Waals surface area contributed by atoms with E-state index in [0.29, 0.717) is 11.4 Å². The lowest BCUT2D eigenvalue weighted by Crippen LogP contribution is -2.41. The standard InChI is InChI=1S/C27H18ClF4N5O4/c28-22-10-7-18(13-21(22)27(30,31)32)35-26(40)34-17-5-8-19(9-6-17)41-20-11-12-33-23(14-20)25(39)37-36-24(38)15-1-3-16(29)4-2-15/h1-14H,(H,36,38)(H,37,39)(H2,34,35,40). The quantitative estimate of drug-likeness (QED) is 0.154. The molecule has 0 saturated carbocycles. The molecule has 0 unspecified atom stereocenters. The maximum Gasteiger partial charge on any atom is 0.417 e. The maximum atomic E-state index is 13.0. The van der Waals surface area contributed by atoms with Crippen molar-refractivity contribution < 1.29 is 36.7 Å². The normalized spacial score (nSPS) is 10.9. The highest BCUT2D eigenvalue weighted by molar-refractivity contribution is 6.31. The summed E-state index contributed by atoms with van der Waals surface area (Å²) < 4.78 is 57.8. The molecule has 0 radical (unpaired) electrons.